The molecule has 0 fully saturated rings. The van der Waals surface area contributed by atoms with E-state index in [9.17, 15) is 8.42 Å². The van der Waals surface area contributed by atoms with Crippen molar-refractivity contribution in [2.24, 2.45) is 0 Å². The molecule has 0 radical (unpaired) electrons. The second kappa shape index (κ2) is 6.39. The molecular weight excluding hydrogens is 300 g/mol. The lowest BCUT2D eigenvalue weighted by atomic mass is 10.3. The first-order chi connectivity index (χ1) is 9.53. The highest BCUT2D eigenvalue weighted by Crippen LogP contribution is 2.25. The third kappa shape index (κ3) is 3.60. The maximum absolute atomic E-state index is 12.2. The number of hydrogen-bond acceptors (Lipinski definition) is 7. The molecular formula is C10H16N6O2S2. The fourth-order valence-corrected chi connectivity index (χ4v) is 4.11. The normalized spacial score (nSPS) is 11.9. The van der Waals surface area contributed by atoms with E-state index in [0.29, 0.717) is 16.6 Å². The van der Waals surface area contributed by atoms with Crippen LogP contribution in [-0.4, -0.2) is 35.6 Å². The number of nitrogens with one attached hydrogen (secondary N) is 3. The van der Waals surface area contributed by atoms with Crippen molar-refractivity contribution in [3.8, 4) is 0 Å². The molecule has 0 saturated carbocycles. The number of aryl methyl sites for hydroxylation is 1. The minimum Gasteiger partial charge on any atom is -0.312 e. The van der Waals surface area contributed by atoms with E-state index in [-0.39, 0.29) is 6.54 Å². The van der Waals surface area contributed by atoms with Crippen molar-refractivity contribution in [2.75, 3.05) is 6.54 Å². The summed E-state index contributed by atoms with van der Waals surface area (Å²) >= 11 is 1.27. The first-order valence-corrected chi connectivity index (χ1v) is 8.35. The fourth-order valence-electron chi connectivity index (χ4n) is 1.52. The molecule has 2 aromatic rings. The molecule has 2 rings (SSSR count). The lowest BCUT2D eigenvalue weighted by molar-refractivity contribution is 0.581. The summed E-state index contributed by atoms with van der Waals surface area (Å²) in [7, 11) is -3.54. The average molecular weight is 316 g/mol. The molecule has 2 heterocycles. The number of sulfonamides is 1. The van der Waals surface area contributed by atoms with Crippen molar-refractivity contribution in [3.05, 3.63) is 22.3 Å². The van der Waals surface area contributed by atoms with Crippen molar-refractivity contribution in [2.45, 2.75) is 31.1 Å². The van der Waals surface area contributed by atoms with Gasteiger partial charge in [-0.05, 0) is 25.1 Å². The van der Waals surface area contributed by atoms with E-state index >= 15 is 0 Å². The van der Waals surface area contributed by atoms with Crippen LogP contribution in [0.5, 0.6) is 0 Å². The largest absolute Gasteiger partial charge is 0.312 e. The van der Waals surface area contributed by atoms with Crippen molar-refractivity contribution >= 4 is 21.4 Å². The summed E-state index contributed by atoms with van der Waals surface area (Å²) in [5.41, 5.74) is 0.968. The number of aromatic nitrogens is 4. The summed E-state index contributed by atoms with van der Waals surface area (Å²) in [5.74, 6) is 0.301. The summed E-state index contributed by atoms with van der Waals surface area (Å²) in [5, 5.41) is 16.2. The van der Waals surface area contributed by atoms with Gasteiger partial charge in [0.15, 0.2) is 5.82 Å². The highest BCUT2D eigenvalue weighted by molar-refractivity contribution is 7.91. The SMILES string of the molecule is CCNCc1sc(S(=O)(=O)NCc2nn[nH]n2)cc1C. The van der Waals surface area contributed by atoms with Gasteiger partial charge in [-0.15, -0.1) is 21.5 Å². The Bertz CT molecular complexity index is 649. The summed E-state index contributed by atoms with van der Waals surface area (Å²) < 4.78 is 27.1. The number of aromatic amines is 1. The van der Waals surface area contributed by atoms with Gasteiger partial charge in [-0.2, -0.15) is 5.21 Å². The van der Waals surface area contributed by atoms with E-state index in [4.69, 9.17) is 0 Å². The van der Waals surface area contributed by atoms with Gasteiger partial charge in [-0.3, -0.25) is 0 Å². The Morgan fingerprint density at radius 1 is 1.40 bits per heavy atom. The molecule has 0 atom stereocenters. The second-order valence-corrected chi connectivity index (χ2v) is 7.24. The van der Waals surface area contributed by atoms with Gasteiger partial charge >= 0.3 is 0 Å². The summed E-state index contributed by atoms with van der Waals surface area (Å²) in [6, 6.07) is 1.68. The lowest BCUT2D eigenvalue weighted by Gasteiger charge is -2.01. The monoisotopic (exact) mass is 316 g/mol. The van der Waals surface area contributed by atoms with Crippen LogP contribution in [0.3, 0.4) is 0 Å². The predicted molar refractivity (Wildman–Crippen MR) is 74.6 cm³/mol. The zero-order valence-corrected chi connectivity index (χ0v) is 12.8. The van der Waals surface area contributed by atoms with E-state index in [1.54, 1.807) is 6.07 Å². The van der Waals surface area contributed by atoms with E-state index in [2.05, 4.69) is 30.7 Å². The second-order valence-electron chi connectivity index (χ2n) is 4.10. The minimum absolute atomic E-state index is 0.0122. The molecule has 0 unspecified atom stereocenters. The lowest BCUT2D eigenvalue weighted by Crippen LogP contribution is -2.23. The topological polar surface area (TPSA) is 113 Å². The van der Waals surface area contributed by atoms with Crippen LogP contribution < -0.4 is 10.0 Å². The predicted octanol–water partition coefficient (Wildman–Crippen LogP) is 0.158. The molecule has 0 spiro atoms. The van der Waals surface area contributed by atoms with Gasteiger partial charge in [0.1, 0.15) is 4.21 Å². The summed E-state index contributed by atoms with van der Waals surface area (Å²) in [6.07, 6.45) is 0. The van der Waals surface area contributed by atoms with Crippen LogP contribution in [0.1, 0.15) is 23.2 Å². The Morgan fingerprint density at radius 3 is 2.85 bits per heavy atom. The van der Waals surface area contributed by atoms with E-state index < -0.39 is 10.0 Å². The van der Waals surface area contributed by atoms with Crippen LogP contribution in [-0.2, 0) is 23.1 Å². The zero-order chi connectivity index (χ0) is 14.6. The molecule has 2 aromatic heterocycles. The third-order valence-corrected chi connectivity index (χ3v) is 5.72. The quantitative estimate of drug-likeness (QED) is 0.670. The van der Waals surface area contributed by atoms with Crippen LogP contribution in [0.15, 0.2) is 10.3 Å². The number of nitrogens with zero attached hydrogens (tertiary/aromatic N) is 3. The molecule has 3 N–H and O–H groups in total. The van der Waals surface area contributed by atoms with E-state index in [1.165, 1.54) is 11.3 Å². The molecule has 110 valence electrons. The van der Waals surface area contributed by atoms with Crippen molar-refractivity contribution in [1.82, 2.24) is 30.7 Å². The number of tetrazole rings is 1. The Morgan fingerprint density at radius 2 is 2.20 bits per heavy atom. The average Bonchev–Trinajstić information content (AvgIpc) is 3.04. The first-order valence-electron chi connectivity index (χ1n) is 6.05. The maximum Gasteiger partial charge on any atom is 0.250 e. The Hall–Kier alpha value is -1.36. The first kappa shape index (κ1) is 15.0. The number of H-pyrrole nitrogens is 1. The summed E-state index contributed by atoms with van der Waals surface area (Å²) in [4.78, 5) is 1.02. The van der Waals surface area contributed by atoms with Crippen LogP contribution in [0.25, 0.3) is 0 Å². The highest BCUT2D eigenvalue weighted by atomic mass is 32.2. The van der Waals surface area contributed by atoms with Gasteiger partial charge in [0.25, 0.3) is 0 Å². The number of thiophene rings is 1. The van der Waals surface area contributed by atoms with Gasteiger partial charge < -0.3 is 5.32 Å². The maximum atomic E-state index is 12.2. The van der Waals surface area contributed by atoms with Crippen molar-refractivity contribution in [1.29, 1.82) is 0 Å². The van der Waals surface area contributed by atoms with Crippen LogP contribution >= 0.6 is 11.3 Å². The summed E-state index contributed by atoms with van der Waals surface area (Å²) in [6.45, 7) is 5.44. The number of rotatable bonds is 7. The highest BCUT2D eigenvalue weighted by Gasteiger charge is 2.19. The molecule has 0 aliphatic rings. The molecule has 0 bridgehead atoms. The van der Waals surface area contributed by atoms with Crippen LogP contribution in [0, 0.1) is 6.92 Å². The van der Waals surface area contributed by atoms with Gasteiger partial charge in [-0.1, -0.05) is 12.1 Å². The van der Waals surface area contributed by atoms with E-state index in [1.807, 2.05) is 13.8 Å². The molecule has 0 amide bonds. The third-order valence-electron chi connectivity index (χ3n) is 2.61. The molecule has 20 heavy (non-hydrogen) atoms. The van der Waals surface area contributed by atoms with Crippen LogP contribution in [0.2, 0.25) is 0 Å². The fraction of sp³-hybridized carbons (Fsp3) is 0.500. The minimum atomic E-state index is -3.54. The molecule has 0 aromatic carbocycles. The molecule has 10 heteroatoms. The van der Waals surface area contributed by atoms with Crippen molar-refractivity contribution < 1.29 is 8.42 Å². The zero-order valence-electron chi connectivity index (χ0n) is 11.2. The Balaban J connectivity index is 2.09. The van der Waals surface area contributed by atoms with Gasteiger partial charge in [-0.25, -0.2) is 13.1 Å². The van der Waals surface area contributed by atoms with Gasteiger partial charge in [0.05, 0.1) is 6.54 Å². The number of hydrogen-bond donors (Lipinski definition) is 3. The van der Waals surface area contributed by atoms with Gasteiger partial charge in [0, 0.05) is 11.4 Å². The Labute approximate surface area is 121 Å². The molecule has 0 aliphatic carbocycles. The van der Waals surface area contributed by atoms with Gasteiger partial charge in [0.2, 0.25) is 10.0 Å². The molecule has 0 saturated heterocycles. The smallest absolute Gasteiger partial charge is 0.250 e. The van der Waals surface area contributed by atoms with Crippen LogP contribution in [0.4, 0.5) is 0 Å². The molecule has 8 nitrogen and oxygen atoms in total. The van der Waals surface area contributed by atoms with E-state index in [0.717, 1.165) is 17.0 Å². The van der Waals surface area contributed by atoms with Crippen molar-refractivity contribution in [3.63, 3.8) is 0 Å². The standard InChI is InChI=1S/C10H16N6O2S2/c1-3-11-5-8-7(2)4-10(19-8)20(17,18)12-6-9-13-15-16-14-9/h4,11-12H,3,5-6H2,1-2H3,(H,13,14,15,16). The molecule has 0 aliphatic heterocycles. The Kier molecular flexibility index (Phi) is 4.81.